The van der Waals surface area contributed by atoms with Gasteiger partial charge >= 0.3 is 12.1 Å². The van der Waals surface area contributed by atoms with Gasteiger partial charge in [0.05, 0.1) is 11.1 Å². The Balaban J connectivity index is 2.29. The summed E-state index contributed by atoms with van der Waals surface area (Å²) >= 11 is 0. The summed E-state index contributed by atoms with van der Waals surface area (Å²) in [7, 11) is 0. The summed E-state index contributed by atoms with van der Waals surface area (Å²) in [5, 5.41) is 22.7. The molecule has 1 heterocycles. The van der Waals surface area contributed by atoms with Crippen LogP contribution in [0.25, 0.3) is 0 Å². The number of nitrogens with zero attached hydrogens (tertiary/aromatic N) is 1. The highest BCUT2D eigenvalue weighted by atomic mass is 16.5. The van der Waals surface area contributed by atoms with E-state index in [2.05, 4.69) is 5.32 Å². The second-order valence-electron chi connectivity index (χ2n) is 7.14. The summed E-state index contributed by atoms with van der Waals surface area (Å²) in [5.74, 6) is -1.02. The number of unbranched alkanes of at least 4 members (excludes halogenated alkanes) is 1. The van der Waals surface area contributed by atoms with Crippen LogP contribution in [0.3, 0.4) is 0 Å². The first-order valence-corrected chi connectivity index (χ1v) is 8.09. The Morgan fingerprint density at radius 3 is 2.46 bits per heavy atom. The van der Waals surface area contributed by atoms with Crippen molar-refractivity contribution >= 4 is 12.1 Å². The highest BCUT2D eigenvalue weighted by Crippen LogP contribution is 2.38. The first kappa shape index (κ1) is 20.4. The van der Waals surface area contributed by atoms with Gasteiger partial charge in [0.2, 0.25) is 0 Å². The Morgan fingerprint density at radius 1 is 1.33 bits per heavy atom. The number of nitrogens with one attached hydrogen (secondary N) is 1. The number of nitrogens with two attached hydrogens (primary N) is 1. The number of ether oxygens (including phenoxy) is 1. The van der Waals surface area contributed by atoms with E-state index in [-0.39, 0.29) is 6.61 Å². The Hall–Kier alpha value is -1.64. The van der Waals surface area contributed by atoms with Crippen LogP contribution in [-0.4, -0.2) is 57.7 Å². The first-order valence-electron chi connectivity index (χ1n) is 8.09. The van der Waals surface area contributed by atoms with Crippen molar-refractivity contribution in [2.24, 2.45) is 5.73 Å². The van der Waals surface area contributed by atoms with Crippen molar-refractivity contribution in [3.63, 3.8) is 0 Å². The molecule has 1 aliphatic rings. The molecule has 1 rings (SSSR count). The molecule has 0 spiro atoms. The molecule has 0 aliphatic carbocycles. The van der Waals surface area contributed by atoms with Crippen molar-refractivity contribution < 1.29 is 24.6 Å². The van der Waals surface area contributed by atoms with E-state index in [4.69, 9.17) is 15.6 Å². The molecular weight excluding hydrogens is 314 g/mol. The third-order valence-electron chi connectivity index (χ3n) is 4.28. The highest BCUT2D eigenvalue weighted by molar-refractivity contribution is 5.72. The maximum atomic E-state index is 11.7. The lowest BCUT2D eigenvalue weighted by Crippen LogP contribution is -2.48. The van der Waals surface area contributed by atoms with Gasteiger partial charge in [-0.15, -0.1) is 0 Å². The average Bonchev–Trinajstić information content (AvgIpc) is 2.64. The summed E-state index contributed by atoms with van der Waals surface area (Å²) in [4.78, 5) is 22.3. The Kier molecular flexibility index (Phi) is 6.76. The van der Waals surface area contributed by atoms with Crippen molar-refractivity contribution in [1.29, 1.82) is 0 Å². The summed E-state index contributed by atoms with van der Waals surface area (Å²) < 4.78 is 5.19. The largest absolute Gasteiger partial charge is 0.480 e. The molecule has 0 unspecified atom stereocenters. The van der Waals surface area contributed by atoms with Crippen molar-refractivity contribution in [3.05, 3.63) is 11.6 Å². The van der Waals surface area contributed by atoms with Crippen molar-refractivity contribution in [1.82, 2.24) is 10.4 Å². The SMILES string of the molecule is CC1(C)C=C(COC(=O)NCCCC[C@H](N)C(=O)O)C(C)(C)N1O. The molecule has 0 saturated carbocycles. The van der Waals surface area contributed by atoms with Gasteiger partial charge in [0, 0.05) is 6.54 Å². The van der Waals surface area contributed by atoms with Crippen LogP contribution in [0.2, 0.25) is 0 Å². The maximum absolute atomic E-state index is 11.7. The minimum atomic E-state index is -1.02. The molecule has 1 aliphatic heterocycles. The number of alkyl carbamates (subject to hydrolysis) is 1. The Labute approximate surface area is 142 Å². The predicted molar refractivity (Wildman–Crippen MR) is 88.7 cm³/mol. The van der Waals surface area contributed by atoms with Crippen LogP contribution < -0.4 is 11.1 Å². The van der Waals surface area contributed by atoms with Crippen molar-refractivity contribution in [3.8, 4) is 0 Å². The third-order valence-corrected chi connectivity index (χ3v) is 4.28. The van der Waals surface area contributed by atoms with Crippen LogP contribution in [0.4, 0.5) is 4.79 Å². The van der Waals surface area contributed by atoms with Gasteiger partial charge in [0.15, 0.2) is 0 Å². The fourth-order valence-corrected chi connectivity index (χ4v) is 2.74. The van der Waals surface area contributed by atoms with E-state index in [0.717, 1.165) is 5.57 Å². The van der Waals surface area contributed by atoms with Crippen LogP contribution in [0.1, 0.15) is 47.0 Å². The van der Waals surface area contributed by atoms with Crippen LogP contribution in [-0.2, 0) is 9.53 Å². The summed E-state index contributed by atoms with van der Waals surface area (Å²) in [6.07, 6.45) is 2.96. The summed E-state index contributed by atoms with van der Waals surface area (Å²) in [6.45, 7) is 7.98. The Bertz CT molecular complexity index is 502. The smallest absolute Gasteiger partial charge is 0.407 e. The van der Waals surface area contributed by atoms with E-state index in [1.807, 2.05) is 33.8 Å². The number of aliphatic carboxylic acids is 1. The van der Waals surface area contributed by atoms with Crippen molar-refractivity contribution in [2.75, 3.05) is 13.2 Å². The van der Waals surface area contributed by atoms with Gasteiger partial charge in [0.1, 0.15) is 12.6 Å². The molecule has 0 radical (unpaired) electrons. The van der Waals surface area contributed by atoms with Gasteiger partial charge in [-0.3, -0.25) is 4.79 Å². The molecule has 1 amide bonds. The summed E-state index contributed by atoms with van der Waals surface area (Å²) in [5.41, 5.74) is 5.11. The number of carbonyl (C=O) groups is 2. The Morgan fingerprint density at radius 2 is 1.96 bits per heavy atom. The van der Waals surface area contributed by atoms with Gasteiger partial charge in [-0.2, -0.15) is 5.06 Å². The molecular formula is C16H29N3O5. The molecule has 8 heteroatoms. The summed E-state index contributed by atoms with van der Waals surface area (Å²) in [6, 6.07) is -0.863. The first-order chi connectivity index (χ1) is 11.0. The molecule has 138 valence electrons. The third kappa shape index (κ3) is 5.19. The topological polar surface area (TPSA) is 125 Å². The number of carboxylic acids is 1. The second kappa shape index (κ2) is 7.96. The normalized spacial score (nSPS) is 20.3. The fraction of sp³-hybridized carbons (Fsp3) is 0.750. The lowest BCUT2D eigenvalue weighted by molar-refractivity contribution is -0.186. The molecule has 0 saturated heterocycles. The molecule has 24 heavy (non-hydrogen) atoms. The number of rotatable bonds is 8. The van der Waals surface area contributed by atoms with E-state index in [1.165, 1.54) is 5.06 Å². The monoisotopic (exact) mass is 343 g/mol. The van der Waals surface area contributed by atoms with Crippen LogP contribution in [0.15, 0.2) is 11.6 Å². The van der Waals surface area contributed by atoms with E-state index >= 15 is 0 Å². The lowest BCUT2D eigenvalue weighted by Gasteiger charge is -2.36. The van der Waals surface area contributed by atoms with Crippen molar-refractivity contribution in [2.45, 2.75) is 64.1 Å². The zero-order valence-electron chi connectivity index (χ0n) is 14.8. The van der Waals surface area contributed by atoms with Crippen LogP contribution >= 0.6 is 0 Å². The van der Waals surface area contributed by atoms with Gasteiger partial charge in [-0.1, -0.05) is 6.08 Å². The quantitative estimate of drug-likeness (QED) is 0.388. The highest BCUT2D eigenvalue weighted by Gasteiger charge is 2.45. The number of hydrogen-bond donors (Lipinski definition) is 4. The zero-order valence-corrected chi connectivity index (χ0v) is 14.8. The van der Waals surface area contributed by atoms with E-state index in [9.17, 15) is 14.8 Å². The second-order valence-corrected chi connectivity index (χ2v) is 7.14. The number of hydroxylamine groups is 2. The molecule has 0 aromatic carbocycles. The number of carbonyl (C=O) groups excluding carboxylic acids is 1. The standard InChI is InChI=1S/C16H29N3O5/c1-15(2)9-11(16(3,4)19(15)23)10-24-14(22)18-8-6-5-7-12(17)13(20)21/h9,12,23H,5-8,10,17H2,1-4H3,(H,18,22)(H,20,21)/t12-/m0/s1. The molecule has 0 fully saturated rings. The number of carboxylic acid groups (broad SMARTS) is 1. The van der Waals surface area contributed by atoms with E-state index in [1.54, 1.807) is 0 Å². The molecule has 0 aromatic heterocycles. The van der Waals surface area contributed by atoms with Gasteiger partial charge in [-0.25, -0.2) is 4.79 Å². The molecule has 0 aromatic rings. The minimum Gasteiger partial charge on any atom is -0.480 e. The molecule has 5 N–H and O–H groups in total. The predicted octanol–water partition coefficient (Wildman–Crippen LogP) is 1.48. The van der Waals surface area contributed by atoms with Crippen LogP contribution in [0.5, 0.6) is 0 Å². The molecule has 0 bridgehead atoms. The van der Waals surface area contributed by atoms with Gasteiger partial charge < -0.3 is 26.1 Å². The van der Waals surface area contributed by atoms with Gasteiger partial charge in [0.25, 0.3) is 0 Å². The fourth-order valence-electron chi connectivity index (χ4n) is 2.74. The minimum absolute atomic E-state index is 0.100. The van der Waals surface area contributed by atoms with Crippen LogP contribution in [0, 0.1) is 0 Å². The lowest BCUT2D eigenvalue weighted by atomic mass is 9.97. The molecule has 8 nitrogen and oxygen atoms in total. The molecule has 1 atom stereocenters. The average molecular weight is 343 g/mol. The number of amides is 1. The zero-order chi connectivity index (χ0) is 18.5. The van der Waals surface area contributed by atoms with E-state index < -0.39 is 29.2 Å². The number of hydrogen-bond acceptors (Lipinski definition) is 6. The maximum Gasteiger partial charge on any atom is 0.407 e. The van der Waals surface area contributed by atoms with Gasteiger partial charge in [-0.05, 0) is 52.5 Å². The van der Waals surface area contributed by atoms with E-state index in [0.29, 0.717) is 25.8 Å².